The number of anilines is 1. The van der Waals surface area contributed by atoms with Crippen LogP contribution in [-0.2, 0) is 10.0 Å². The predicted molar refractivity (Wildman–Crippen MR) is 125 cm³/mol. The second kappa shape index (κ2) is 8.89. The quantitative estimate of drug-likeness (QED) is 0.465. The van der Waals surface area contributed by atoms with Crippen LogP contribution in [0.25, 0.3) is 11.0 Å². The van der Waals surface area contributed by atoms with Crippen molar-refractivity contribution in [2.45, 2.75) is 11.8 Å². The maximum atomic E-state index is 13.1. The predicted octanol–water partition coefficient (Wildman–Crippen LogP) is 3.88. The van der Waals surface area contributed by atoms with E-state index in [1.165, 1.54) is 24.3 Å². The van der Waals surface area contributed by atoms with Crippen LogP contribution in [0.2, 0.25) is 0 Å². The number of hydrogen-bond acceptors (Lipinski definition) is 6. The number of ether oxygens (including phenoxy) is 1. The molecular formula is C24H21N3O5S. The standard InChI is InChI=1S/C24H21N3O5S/c1-15-3-6-17(7-4-15)26-23(28)21-13-16-5-10-19(31-2)14-22(16)32-24(21)27-18-8-11-20(12-9-18)33(25,29)30/h3-14H,1-2H3,(H,26,28)(H2,25,29,30). The number of fused-ring (bicyclic) bond motifs is 1. The van der Waals surface area contributed by atoms with E-state index in [0.717, 1.165) is 5.56 Å². The van der Waals surface area contributed by atoms with Crippen LogP contribution in [0.5, 0.6) is 5.75 Å². The van der Waals surface area contributed by atoms with E-state index < -0.39 is 15.9 Å². The number of primary sulfonamides is 1. The maximum Gasteiger partial charge on any atom is 0.261 e. The molecule has 1 amide bonds. The summed E-state index contributed by atoms with van der Waals surface area (Å²) < 4.78 is 34.2. The first-order chi connectivity index (χ1) is 15.7. The summed E-state index contributed by atoms with van der Waals surface area (Å²) in [7, 11) is -2.29. The molecule has 1 aromatic heterocycles. The van der Waals surface area contributed by atoms with Gasteiger partial charge in [-0.3, -0.25) is 4.79 Å². The van der Waals surface area contributed by atoms with Gasteiger partial charge in [0.25, 0.3) is 5.91 Å². The third-order valence-corrected chi connectivity index (χ3v) is 5.84. The Morgan fingerprint density at radius 2 is 1.70 bits per heavy atom. The minimum atomic E-state index is -3.83. The largest absolute Gasteiger partial charge is 0.497 e. The SMILES string of the molecule is COc1ccc2cc(C(=O)Nc3ccc(C)cc3)c(=Nc3ccc(S(N)(=O)=O)cc3)oc2c1. The van der Waals surface area contributed by atoms with Crippen molar-refractivity contribution in [3.8, 4) is 5.75 Å². The van der Waals surface area contributed by atoms with E-state index in [0.29, 0.717) is 28.1 Å². The van der Waals surface area contributed by atoms with Gasteiger partial charge in [-0.25, -0.2) is 18.5 Å². The summed E-state index contributed by atoms with van der Waals surface area (Å²) in [6, 6.07) is 20.0. The lowest BCUT2D eigenvalue weighted by Crippen LogP contribution is -2.21. The van der Waals surface area contributed by atoms with Crippen molar-refractivity contribution in [1.82, 2.24) is 0 Å². The van der Waals surface area contributed by atoms with Crippen molar-refractivity contribution in [3.05, 3.63) is 89.5 Å². The number of carbonyl (C=O) groups is 1. The van der Waals surface area contributed by atoms with Gasteiger partial charge < -0.3 is 14.5 Å². The number of benzene rings is 3. The summed E-state index contributed by atoms with van der Waals surface area (Å²) in [5, 5.41) is 8.69. The zero-order valence-corrected chi connectivity index (χ0v) is 18.7. The van der Waals surface area contributed by atoms with Crippen LogP contribution in [0, 0.1) is 6.92 Å². The molecule has 0 fully saturated rings. The van der Waals surface area contributed by atoms with E-state index in [1.807, 2.05) is 19.1 Å². The molecule has 8 nitrogen and oxygen atoms in total. The van der Waals surface area contributed by atoms with Gasteiger partial charge in [0.15, 0.2) is 0 Å². The fraction of sp³-hybridized carbons (Fsp3) is 0.0833. The number of hydrogen-bond donors (Lipinski definition) is 2. The molecule has 0 unspecified atom stereocenters. The van der Waals surface area contributed by atoms with E-state index in [1.54, 1.807) is 43.5 Å². The molecule has 33 heavy (non-hydrogen) atoms. The van der Waals surface area contributed by atoms with Gasteiger partial charge in [0.2, 0.25) is 15.6 Å². The van der Waals surface area contributed by atoms with Crippen LogP contribution in [0.15, 0.2) is 87.1 Å². The van der Waals surface area contributed by atoms with Crippen molar-refractivity contribution in [2.75, 3.05) is 12.4 Å². The highest BCUT2D eigenvalue weighted by Crippen LogP contribution is 2.22. The van der Waals surface area contributed by atoms with Gasteiger partial charge in [0, 0.05) is 17.1 Å². The number of nitrogens with two attached hydrogens (primary N) is 1. The van der Waals surface area contributed by atoms with Crippen LogP contribution >= 0.6 is 0 Å². The Labute approximate surface area is 190 Å². The molecule has 0 aliphatic rings. The summed E-state index contributed by atoms with van der Waals surface area (Å²) in [5.74, 6) is 0.187. The van der Waals surface area contributed by atoms with Crippen molar-refractivity contribution in [2.24, 2.45) is 10.1 Å². The van der Waals surface area contributed by atoms with Crippen molar-refractivity contribution in [1.29, 1.82) is 0 Å². The lowest BCUT2D eigenvalue weighted by atomic mass is 10.1. The van der Waals surface area contributed by atoms with Gasteiger partial charge in [-0.2, -0.15) is 0 Å². The highest BCUT2D eigenvalue weighted by Gasteiger charge is 2.14. The minimum absolute atomic E-state index is 0.0426. The molecular weight excluding hydrogens is 442 g/mol. The molecule has 9 heteroatoms. The second-order valence-electron chi connectivity index (χ2n) is 7.34. The van der Waals surface area contributed by atoms with Gasteiger partial charge >= 0.3 is 0 Å². The van der Waals surface area contributed by atoms with E-state index in [-0.39, 0.29) is 16.0 Å². The second-order valence-corrected chi connectivity index (χ2v) is 8.90. The fourth-order valence-corrected chi connectivity index (χ4v) is 3.65. The molecule has 0 atom stereocenters. The van der Waals surface area contributed by atoms with Crippen molar-refractivity contribution in [3.63, 3.8) is 0 Å². The van der Waals surface area contributed by atoms with Gasteiger partial charge in [0.1, 0.15) is 16.9 Å². The summed E-state index contributed by atoms with van der Waals surface area (Å²) in [6.07, 6.45) is 0. The Hall–Kier alpha value is -3.95. The molecule has 0 aliphatic carbocycles. The summed E-state index contributed by atoms with van der Waals surface area (Å²) in [5.41, 5.74) is 2.83. The first-order valence-corrected chi connectivity index (χ1v) is 11.4. The third-order valence-electron chi connectivity index (χ3n) is 4.91. The minimum Gasteiger partial charge on any atom is -0.497 e. The monoisotopic (exact) mass is 463 g/mol. The lowest BCUT2D eigenvalue weighted by molar-refractivity contribution is 0.102. The topological polar surface area (TPSA) is 124 Å². The van der Waals surface area contributed by atoms with Crippen LogP contribution in [0.3, 0.4) is 0 Å². The third kappa shape index (κ3) is 5.11. The molecule has 3 aromatic carbocycles. The highest BCUT2D eigenvalue weighted by atomic mass is 32.2. The molecule has 1 heterocycles. The van der Waals surface area contributed by atoms with E-state index >= 15 is 0 Å². The smallest absolute Gasteiger partial charge is 0.261 e. The Bertz CT molecular complexity index is 1510. The molecule has 4 rings (SSSR count). The van der Waals surface area contributed by atoms with Gasteiger partial charge in [0.05, 0.1) is 17.7 Å². The first kappa shape index (κ1) is 22.3. The Morgan fingerprint density at radius 3 is 2.33 bits per heavy atom. The molecule has 168 valence electrons. The average molecular weight is 464 g/mol. The van der Waals surface area contributed by atoms with Crippen LogP contribution in [0.1, 0.15) is 15.9 Å². The molecule has 0 saturated carbocycles. The number of aryl methyl sites for hydroxylation is 1. The summed E-state index contributed by atoms with van der Waals surface area (Å²) in [4.78, 5) is 17.5. The fourth-order valence-electron chi connectivity index (χ4n) is 3.13. The molecule has 0 spiro atoms. The van der Waals surface area contributed by atoms with Crippen LogP contribution in [-0.4, -0.2) is 21.4 Å². The molecule has 0 radical (unpaired) electrons. The van der Waals surface area contributed by atoms with E-state index in [9.17, 15) is 13.2 Å². The van der Waals surface area contributed by atoms with Crippen molar-refractivity contribution < 1.29 is 22.4 Å². The van der Waals surface area contributed by atoms with Crippen LogP contribution in [0.4, 0.5) is 11.4 Å². The van der Waals surface area contributed by atoms with Gasteiger partial charge in [-0.15, -0.1) is 0 Å². The molecule has 0 saturated heterocycles. The van der Waals surface area contributed by atoms with E-state index in [2.05, 4.69) is 10.3 Å². The van der Waals surface area contributed by atoms with Crippen LogP contribution < -0.4 is 20.7 Å². The Morgan fingerprint density at radius 1 is 1.00 bits per heavy atom. The highest BCUT2D eigenvalue weighted by molar-refractivity contribution is 7.89. The number of amides is 1. The van der Waals surface area contributed by atoms with Gasteiger partial charge in [-0.05, 0) is 61.5 Å². The maximum absolute atomic E-state index is 13.1. The molecule has 4 aromatic rings. The molecule has 0 bridgehead atoms. The zero-order chi connectivity index (χ0) is 23.6. The average Bonchev–Trinajstić information content (AvgIpc) is 2.79. The molecule has 3 N–H and O–H groups in total. The number of rotatable bonds is 5. The Balaban J connectivity index is 1.83. The number of methoxy groups -OCH3 is 1. The number of sulfonamides is 1. The first-order valence-electron chi connectivity index (χ1n) is 9.90. The molecule has 0 aliphatic heterocycles. The zero-order valence-electron chi connectivity index (χ0n) is 17.9. The number of carbonyl (C=O) groups excluding carboxylic acids is 1. The summed E-state index contributed by atoms with van der Waals surface area (Å²) in [6.45, 7) is 1.96. The Kier molecular flexibility index (Phi) is 5.99. The number of nitrogens with zero attached hydrogens (tertiary/aromatic N) is 1. The number of nitrogens with one attached hydrogen (secondary N) is 1. The summed E-state index contributed by atoms with van der Waals surface area (Å²) >= 11 is 0. The lowest BCUT2D eigenvalue weighted by Gasteiger charge is -2.08. The van der Waals surface area contributed by atoms with Gasteiger partial charge in [-0.1, -0.05) is 17.7 Å². The normalized spacial score (nSPS) is 12.0. The van der Waals surface area contributed by atoms with Crippen molar-refractivity contribution >= 4 is 38.3 Å². The van der Waals surface area contributed by atoms with E-state index in [4.69, 9.17) is 14.3 Å².